The molecule has 105 heavy (non-hydrogen) atoms. The standard InChI is InChI=1S/C29H38N2.C27H36Br2.C25H34.C13H10.C4H7NO.CH4/c1-4-6-8-10-17-29(18-11-9-7-5-2)27-20-23(16-19-30)12-14-25(27)26-15-13-24(22-31-3)21-28(26)29;1-3-5-7-9-15-27(16-10-8-6-4-2)25-17-21(19-28)11-13-23(25)24-14-12-22(20-29)18-26(24)27;1-3-5-7-13-19-25(20-14-8-6-4-2)23-17-11-9-15-21(23)22-16-10-12-18-24(22)25;1-3-7-12-10(5-1)9-11-6-2-4-8-13(11)12;1-4(2,6)3-5;/h12-15,20-21H,3-11,16-18,22H2,1-2H3;11-14,17-18H,3-10,15-16,19-20H2,1-2H3;9-12,15-18H,3-8,13-14,19-20H2,1-2H3;1-8H,9H2;6H,1-2H3;1H4. The average molecular weight is 1540 g/mol. The molecule has 0 aliphatic heterocycles. The van der Waals surface area contributed by atoms with Gasteiger partial charge in [-0.3, -0.25) is 4.99 Å². The van der Waals surface area contributed by atoms with Gasteiger partial charge in [-0.05, 0) is 177 Å². The minimum absolute atomic E-state index is 0. The van der Waals surface area contributed by atoms with Crippen LogP contribution in [0, 0.1) is 22.7 Å². The van der Waals surface area contributed by atoms with Crippen LogP contribution in [0.4, 0.5) is 0 Å². The monoisotopic (exact) mass is 1530 g/mol. The van der Waals surface area contributed by atoms with E-state index in [-0.39, 0.29) is 23.7 Å². The summed E-state index contributed by atoms with van der Waals surface area (Å²) in [7, 11) is 0. The van der Waals surface area contributed by atoms with Gasteiger partial charge in [0.1, 0.15) is 5.60 Å². The van der Waals surface area contributed by atoms with Gasteiger partial charge in [-0.25, -0.2) is 0 Å². The molecule has 0 aromatic heterocycles. The molecular weight excluding hydrogens is 1410 g/mol. The molecule has 0 radical (unpaired) electrons. The fraction of sp³-hybridized carbons (Fsp3) is 0.485. The molecule has 0 saturated heterocycles. The first-order chi connectivity index (χ1) is 50.7. The van der Waals surface area contributed by atoms with Gasteiger partial charge in [0, 0.05) is 26.9 Å². The van der Waals surface area contributed by atoms with E-state index in [0.717, 1.165) is 22.6 Å². The highest BCUT2D eigenvalue weighted by atomic mass is 79.9. The zero-order chi connectivity index (χ0) is 74.2. The van der Waals surface area contributed by atoms with Crippen molar-refractivity contribution in [3.63, 3.8) is 0 Å². The van der Waals surface area contributed by atoms with Crippen molar-refractivity contribution >= 4 is 38.6 Å². The first-order valence-corrected chi connectivity index (χ1v) is 42.9. The number of nitriles is 2. The lowest BCUT2D eigenvalue weighted by molar-refractivity contribution is 0.141. The molecule has 6 heteroatoms. The Hall–Kier alpha value is -6.67. The number of benzene rings is 8. The predicted octanol–water partition coefficient (Wildman–Crippen LogP) is 29.9. The van der Waals surface area contributed by atoms with Gasteiger partial charge in [-0.15, -0.1) is 0 Å². The van der Waals surface area contributed by atoms with Crippen LogP contribution in [0.2, 0.25) is 0 Å². The van der Waals surface area contributed by atoms with Crippen molar-refractivity contribution in [2.24, 2.45) is 4.99 Å². The van der Waals surface area contributed by atoms with Gasteiger partial charge in [-0.2, -0.15) is 10.5 Å². The molecule has 560 valence electrons. The number of alkyl halides is 2. The molecule has 12 rings (SSSR count). The summed E-state index contributed by atoms with van der Waals surface area (Å²) in [5, 5.41) is 27.5. The number of rotatable bonds is 35. The zero-order valence-electron chi connectivity index (χ0n) is 65.2. The van der Waals surface area contributed by atoms with E-state index in [2.05, 4.69) is 261 Å². The molecule has 0 amide bonds. The Kier molecular flexibility index (Phi) is 35.8. The minimum atomic E-state index is -1.15. The van der Waals surface area contributed by atoms with E-state index in [1.165, 1.54) is 290 Å². The molecule has 0 atom stereocenters. The summed E-state index contributed by atoms with van der Waals surface area (Å²) < 4.78 is 0. The fourth-order valence-corrected chi connectivity index (χ4v) is 18.1. The molecule has 0 saturated carbocycles. The molecule has 0 bridgehead atoms. The minimum Gasteiger partial charge on any atom is -0.376 e. The Balaban J connectivity index is 0.000000195. The van der Waals surface area contributed by atoms with E-state index < -0.39 is 5.60 Å². The van der Waals surface area contributed by atoms with Crippen LogP contribution in [0.25, 0.3) is 44.5 Å². The van der Waals surface area contributed by atoms with E-state index in [1.807, 2.05) is 0 Å². The second-order valence-corrected chi connectivity index (χ2v) is 32.0. The third-order valence-corrected chi connectivity index (χ3v) is 24.1. The topological polar surface area (TPSA) is 80.2 Å². The number of nitrogens with zero attached hydrogens (tertiary/aromatic N) is 3. The molecule has 4 aliphatic carbocycles. The van der Waals surface area contributed by atoms with Gasteiger partial charge in [0.15, 0.2) is 0 Å². The van der Waals surface area contributed by atoms with E-state index in [0.29, 0.717) is 13.0 Å². The van der Waals surface area contributed by atoms with Crippen LogP contribution < -0.4 is 0 Å². The van der Waals surface area contributed by atoms with Crippen LogP contribution in [0.15, 0.2) is 175 Å². The summed E-state index contributed by atoms with van der Waals surface area (Å²) in [6, 6.07) is 67.8. The lowest BCUT2D eigenvalue weighted by Crippen LogP contribution is -2.26. The van der Waals surface area contributed by atoms with Crippen LogP contribution in [-0.4, -0.2) is 17.4 Å². The average Bonchev–Trinajstić information content (AvgIpc) is 1.59. The van der Waals surface area contributed by atoms with Gasteiger partial charge in [-0.1, -0.05) is 405 Å². The second kappa shape index (κ2) is 44.0. The Labute approximate surface area is 655 Å². The summed E-state index contributed by atoms with van der Waals surface area (Å²) in [5.74, 6) is 0. The highest BCUT2D eigenvalue weighted by molar-refractivity contribution is 9.08. The Bertz CT molecular complexity index is 3860. The first kappa shape index (κ1) is 85.6. The number of fused-ring (bicyclic) bond motifs is 12. The van der Waals surface area contributed by atoms with Gasteiger partial charge >= 0.3 is 0 Å². The maximum atomic E-state index is 9.30. The third kappa shape index (κ3) is 22.0. The lowest BCUT2D eigenvalue weighted by Gasteiger charge is -2.33. The third-order valence-electron chi connectivity index (χ3n) is 22.8. The summed E-state index contributed by atoms with van der Waals surface area (Å²) in [6.45, 7) is 21.1. The molecule has 0 spiro atoms. The Morgan fingerprint density at radius 1 is 0.371 bits per heavy atom. The van der Waals surface area contributed by atoms with Crippen LogP contribution in [0.3, 0.4) is 0 Å². The summed E-state index contributed by atoms with van der Waals surface area (Å²) in [6.07, 6.45) is 40.9. The van der Waals surface area contributed by atoms with Gasteiger partial charge < -0.3 is 5.11 Å². The van der Waals surface area contributed by atoms with E-state index >= 15 is 0 Å². The number of unbranched alkanes of at least 4 members (excludes halogenated alkanes) is 18. The number of halogens is 2. The normalized spacial score (nSPS) is 13.4. The molecule has 4 nitrogen and oxygen atoms in total. The van der Waals surface area contributed by atoms with Crippen LogP contribution >= 0.6 is 31.9 Å². The smallest absolute Gasteiger partial charge is 0.145 e. The molecule has 8 aromatic rings. The van der Waals surface area contributed by atoms with Crippen molar-refractivity contribution in [2.45, 2.75) is 307 Å². The highest BCUT2D eigenvalue weighted by Crippen LogP contribution is 2.58. The maximum Gasteiger partial charge on any atom is 0.145 e. The molecule has 8 aromatic carbocycles. The van der Waals surface area contributed by atoms with Crippen LogP contribution in [0.1, 0.15) is 322 Å². The lowest BCUT2D eigenvalue weighted by atomic mass is 9.70. The molecular formula is C99H129Br2N3O. The SMILES string of the molecule is C.C=NCc1ccc2c(c1)C(CCCCCC)(CCCCCC)c1cc(CC#N)ccc1-2.CC(C)(O)C#N.CCCCCCC1(CCCCCC)c2cc(CBr)ccc2-c2ccc(CBr)cc21.CCCCCCC1(CCCCCC)c2ccccc2-c2ccccc21.c1ccc2c(c1)Cc1ccccc1-2. The Morgan fingerprint density at radius 2 is 0.638 bits per heavy atom. The number of hydrogen-bond acceptors (Lipinski definition) is 4. The quantitative estimate of drug-likeness (QED) is 0.0186. The molecule has 1 N–H and O–H groups in total. The van der Waals surface area contributed by atoms with E-state index in [1.54, 1.807) is 28.3 Å². The second-order valence-electron chi connectivity index (χ2n) is 30.9. The van der Waals surface area contributed by atoms with Gasteiger partial charge in [0.05, 0.1) is 25.1 Å². The maximum absolute atomic E-state index is 9.30. The summed E-state index contributed by atoms with van der Waals surface area (Å²) in [4.78, 5) is 4.15. The van der Waals surface area contributed by atoms with Gasteiger partial charge in [0.2, 0.25) is 0 Å². The highest BCUT2D eigenvalue weighted by Gasteiger charge is 2.45. The van der Waals surface area contributed by atoms with Crippen molar-refractivity contribution in [1.29, 1.82) is 10.5 Å². The fourth-order valence-electron chi connectivity index (χ4n) is 17.4. The molecule has 0 heterocycles. The van der Waals surface area contributed by atoms with Crippen molar-refractivity contribution in [3.8, 4) is 56.6 Å². The van der Waals surface area contributed by atoms with E-state index in [4.69, 9.17) is 10.4 Å². The van der Waals surface area contributed by atoms with Crippen molar-refractivity contribution < 1.29 is 5.11 Å². The molecule has 0 unspecified atom stereocenters. The first-order valence-electron chi connectivity index (χ1n) is 40.7. The number of hydrogen-bond donors (Lipinski definition) is 1. The zero-order valence-corrected chi connectivity index (χ0v) is 68.3. The summed E-state index contributed by atoms with van der Waals surface area (Å²) >= 11 is 7.40. The van der Waals surface area contributed by atoms with E-state index in [9.17, 15) is 5.26 Å². The number of aliphatic hydroxyl groups is 1. The molecule has 0 fully saturated rings. The summed E-state index contributed by atoms with van der Waals surface area (Å²) in [5.41, 5.74) is 28.4. The largest absolute Gasteiger partial charge is 0.376 e. The predicted molar refractivity (Wildman–Crippen MR) is 462 cm³/mol. The van der Waals surface area contributed by atoms with Crippen molar-refractivity contribution in [2.75, 3.05) is 0 Å². The van der Waals surface area contributed by atoms with Crippen molar-refractivity contribution in [1.82, 2.24) is 0 Å². The molecule has 4 aliphatic rings. The number of aliphatic imine (C=N–C) groups is 1. The Morgan fingerprint density at radius 3 is 0.943 bits per heavy atom. The van der Waals surface area contributed by atoms with Gasteiger partial charge in [0.25, 0.3) is 0 Å². The van der Waals surface area contributed by atoms with Crippen LogP contribution in [0.5, 0.6) is 0 Å². The van der Waals surface area contributed by atoms with Crippen LogP contribution in [-0.2, 0) is 46.3 Å². The van der Waals surface area contributed by atoms with Crippen molar-refractivity contribution in [3.05, 3.63) is 237 Å².